The van der Waals surface area contributed by atoms with Gasteiger partial charge in [-0.1, -0.05) is 12.1 Å². The van der Waals surface area contributed by atoms with Crippen molar-refractivity contribution in [2.24, 2.45) is 0 Å². The molecular weight excluding hydrogens is 312 g/mol. The summed E-state index contributed by atoms with van der Waals surface area (Å²) in [7, 11) is -3.32. The SMILES string of the molecule is Cc1cccc(N2CCN(C(=O)C3(S(C)(=O)=O)CC3)CC2)c1C. The Balaban J connectivity index is 1.70. The fraction of sp³-hybridized carbons (Fsp3) is 0.588. The maximum atomic E-state index is 12.6. The number of aryl methyl sites for hydroxylation is 1. The van der Waals surface area contributed by atoms with Gasteiger partial charge in [0.05, 0.1) is 0 Å². The van der Waals surface area contributed by atoms with Crippen molar-refractivity contribution in [2.75, 3.05) is 37.3 Å². The Morgan fingerprint density at radius 3 is 2.22 bits per heavy atom. The zero-order chi connectivity index (χ0) is 16.8. The summed E-state index contributed by atoms with van der Waals surface area (Å²) in [5, 5.41) is 0. The predicted molar refractivity (Wildman–Crippen MR) is 91.5 cm³/mol. The van der Waals surface area contributed by atoms with Crippen molar-refractivity contribution >= 4 is 21.4 Å². The van der Waals surface area contributed by atoms with E-state index in [0.717, 1.165) is 13.1 Å². The first-order valence-corrected chi connectivity index (χ1v) is 9.95. The van der Waals surface area contributed by atoms with Crippen LogP contribution in [0.1, 0.15) is 24.0 Å². The van der Waals surface area contributed by atoms with E-state index in [-0.39, 0.29) is 5.91 Å². The second-order valence-corrected chi connectivity index (χ2v) is 9.09. The third-order valence-electron chi connectivity index (χ3n) is 5.29. The van der Waals surface area contributed by atoms with Crippen molar-refractivity contribution < 1.29 is 13.2 Å². The highest BCUT2D eigenvalue weighted by molar-refractivity contribution is 7.93. The number of anilines is 1. The number of sulfone groups is 1. The van der Waals surface area contributed by atoms with Crippen molar-refractivity contribution in [2.45, 2.75) is 31.4 Å². The van der Waals surface area contributed by atoms with Gasteiger partial charge >= 0.3 is 0 Å². The third kappa shape index (κ3) is 2.73. The number of nitrogens with zero attached hydrogens (tertiary/aromatic N) is 2. The molecule has 0 spiro atoms. The van der Waals surface area contributed by atoms with Gasteiger partial charge in [0.2, 0.25) is 5.91 Å². The van der Waals surface area contributed by atoms with E-state index in [1.54, 1.807) is 4.90 Å². The van der Waals surface area contributed by atoms with Crippen molar-refractivity contribution in [3.05, 3.63) is 29.3 Å². The smallest absolute Gasteiger partial charge is 0.244 e. The number of hydrogen-bond donors (Lipinski definition) is 0. The number of piperazine rings is 1. The Labute approximate surface area is 138 Å². The molecule has 2 aliphatic rings. The summed E-state index contributed by atoms with van der Waals surface area (Å²) >= 11 is 0. The van der Waals surface area contributed by atoms with Gasteiger partial charge in [-0.15, -0.1) is 0 Å². The molecule has 3 rings (SSSR count). The second-order valence-electron chi connectivity index (χ2n) is 6.76. The lowest BCUT2D eigenvalue weighted by Gasteiger charge is -2.38. The van der Waals surface area contributed by atoms with Crippen molar-refractivity contribution in [1.82, 2.24) is 4.90 Å². The Kier molecular flexibility index (Phi) is 3.91. The first-order chi connectivity index (χ1) is 10.8. The average Bonchev–Trinajstić information content (AvgIpc) is 3.31. The van der Waals surface area contributed by atoms with Crippen LogP contribution >= 0.6 is 0 Å². The molecule has 1 amide bonds. The molecule has 0 unspecified atom stereocenters. The molecule has 1 heterocycles. The van der Waals surface area contributed by atoms with Crippen LogP contribution in [0.2, 0.25) is 0 Å². The van der Waals surface area contributed by atoms with Crippen LogP contribution in [0.25, 0.3) is 0 Å². The lowest BCUT2D eigenvalue weighted by molar-refractivity contribution is -0.131. The highest BCUT2D eigenvalue weighted by Crippen LogP contribution is 2.44. The average molecular weight is 336 g/mol. The fourth-order valence-corrected chi connectivity index (χ4v) is 4.66. The van der Waals surface area contributed by atoms with E-state index in [4.69, 9.17) is 0 Å². The summed E-state index contributed by atoms with van der Waals surface area (Å²) in [6, 6.07) is 6.26. The Morgan fingerprint density at radius 1 is 1.09 bits per heavy atom. The molecule has 0 aromatic heterocycles. The van der Waals surface area contributed by atoms with E-state index in [1.807, 2.05) is 0 Å². The monoisotopic (exact) mass is 336 g/mol. The highest BCUT2D eigenvalue weighted by atomic mass is 32.2. The molecular formula is C17H24N2O3S. The number of rotatable bonds is 3. The standard InChI is InChI=1S/C17H24N2O3S/c1-13-5-4-6-15(14(13)2)18-9-11-19(12-10-18)16(20)17(7-8-17)23(3,21)22/h4-6H,7-12H2,1-3H3. The Morgan fingerprint density at radius 2 is 1.70 bits per heavy atom. The van der Waals surface area contributed by atoms with Crippen molar-refractivity contribution in [3.8, 4) is 0 Å². The van der Waals surface area contributed by atoms with Crippen molar-refractivity contribution in [1.29, 1.82) is 0 Å². The molecule has 6 heteroatoms. The normalized spacial score (nSPS) is 20.5. The number of amides is 1. The number of hydrogen-bond acceptors (Lipinski definition) is 4. The van der Waals surface area contributed by atoms with Crippen LogP contribution in [0.5, 0.6) is 0 Å². The molecule has 23 heavy (non-hydrogen) atoms. The van der Waals surface area contributed by atoms with Crippen LogP contribution in [0.4, 0.5) is 5.69 Å². The summed E-state index contributed by atoms with van der Waals surface area (Å²) in [6.07, 6.45) is 2.13. The lowest BCUT2D eigenvalue weighted by atomic mass is 10.1. The van der Waals surface area contributed by atoms with E-state index in [1.165, 1.54) is 23.1 Å². The van der Waals surface area contributed by atoms with Crippen LogP contribution in [0.3, 0.4) is 0 Å². The molecule has 1 aromatic rings. The molecule has 0 bridgehead atoms. The molecule has 0 radical (unpaired) electrons. The van der Waals surface area contributed by atoms with Gasteiger partial charge in [0, 0.05) is 38.1 Å². The zero-order valence-corrected chi connectivity index (χ0v) is 14.8. The van der Waals surface area contributed by atoms with E-state index in [9.17, 15) is 13.2 Å². The minimum absolute atomic E-state index is 0.194. The molecule has 126 valence electrons. The molecule has 5 nitrogen and oxygen atoms in total. The topological polar surface area (TPSA) is 57.7 Å². The first kappa shape index (κ1) is 16.3. The van der Waals surface area contributed by atoms with E-state index >= 15 is 0 Å². The van der Waals surface area contributed by atoms with Gasteiger partial charge in [0.1, 0.15) is 0 Å². The minimum atomic E-state index is -3.32. The highest BCUT2D eigenvalue weighted by Gasteiger charge is 2.60. The molecule has 0 atom stereocenters. The molecule has 0 N–H and O–H groups in total. The minimum Gasteiger partial charge on any atom is -0.368 e. The largest absolute Gasteiger partial charge is 0.368 e. The maximum absolute atomic E-state index is 12.6. The molecule has 1 saturated heterocycles. The number of carbonyl (C=O) groups is 1. The van der Waals surface area contributed by atoms with Crippen molar-refractivity contribution in [3.63, 3.8) is 0 Å². The third-order valence-corrected chi connectivity index (χ3v) is 7.29. The summed E-state index contributed by atoms with van der Waals surface area (Å²) in [5.74, 6) is -0.194. The van der Waals surface area contributed by atoms with Crippen LogP contribution in [-0.4, -0.2) is 56.4 Å². The van der Waals surface area contributed by atoms with Gasteiger partial charge in [-0.25, -0.2) is 8.42 Å². The molecule has 1 aromatic carbocycles. The van der Waals surface area contributed by atoms with Gasteiger partial charge in [-0.2, -0.15) is 0 Å². The van der Waals surface area contributed by atoms with E-state index < -0.39 is 14.6 Å². The van der Waals surface area contributed by atoms with Gasteiger partial charge in [0.25, 0.3) is 0 Å². The fourth-order valence-electron chi connectivity index (χ4n) is 3.37. The van der Waals surface area contributed by atoms with Crippen LogP contribution < -0.4 is 4.90 Å². The molecule has 1 aliphatic heterocycles. The van der Waals surface area contributed by atoms with E-state index in [0.29, 0.717) is 25.9 Å². The maximum Gasteiger partial charge on any atom is 0.244 e. The number of carbonyl (C=O) groups excluding carboxylic acids is 1. The summed E-state index contributed by atoms with van der Waals surface area (Å²) in [6.45, 7) is 6.88. The Hall–Kier alpha value is -1.56. The van der Waals surface area contributed by atoms with Crippen LogP contribution in [0.15, 0.2) is 18.2 Å². The van der Waals surface area contributed by atoms with Gasteiger partial charge < -0.3 is 9.80 Å². The second kappa shape index (κ2) is 5.51. The quantitative estimate of drug-likeness (QED) is 0.840. The summed E-state index contributed by atoms with van der Waals surface area (Å²) < 4.78 is 22.7. The van der Waals surface area contributed by atoms with Crippen LogP contribution in [-0.2, 0) is 14.6 Å². The predicted octanol–water partition coefficient (Wildman–Crippen LogP) is 1.53. The van der Waals surface area contributed by atoms with Gasteiger partial charge in [0.15, 0.2) is 14.6 Å². The molecule has 1 saturated carbocycles. The Bertz CT molecular complexity index is 730. The lowest BCUT2D eigenvalue weighted by Crippen LogP contribution is -2.53. The first-order valence-electron chi connectivity index (χ1n) is 8.06. The van der Waals surface area contributed by atoms with Crippen LogP contribution in [0, 0.1) is 13.8 Å². The van der Waals surface area contributed by atoms with E-state index in [2.05, 4.69) is 36.9 Å². The zero-order valence-electron chi connectivity index (χ0n) is 14.0. The summed E-state index contributed by atoms with van der Waals surface area (Å²) in [5.41, 5.74) is 3.73. The van der Waals surface area contributed by atoms with Gasteiger partial charge in [-0.05, 0) is 43.9 Å². The van der Waals surface area contributed by atoms with Gasteiger partial charge in [-0.3, -0.25) is 4.79 Å². The summed E-state index contributed by atoms with van der Waals surface area (Å²) in [4.78, 5) is 16.6. The molecule has 1 aliphatic carbocycles. The molecule has 2 fully saturated rings. The number of benzene rings is 1.